The molecule has 0 heterocycles. The lowest BCUT2D eigenvalue weighted by Crippen LogP contribution is -2.30. The number of benzene rings is 3. The lowest BCUT2D eigenvalue weighted by Gasteiger charge is -2.09. The molecule has 1 amide bonds. The van der Waals surface area contributed by atoms with Gasteiger partial charge in [-0.25, -0.2) is 18.4 Å². The van der Waals surface area contributed by atoms with Gasteiger partial charge in [-0.2, -0.15) is 0 Å². The number of carbonyl (C=O) groups excluding carboxylic acids is 2. The molecule has 8 nitrogen and oxygen atoms in total. The molecule has 0 saturated heterocycles. The number of ether oxygens (including phenoxy) is 2. The van der Waals surface area contributed by atoms with E-state index < -0.39 is 28.5 Å². The molecule has 0 fully saturated rings. The molecule has 0 aliphatic rings. The first-order valence-corrected chi connectivity index (χ1v) is 11.2. The van der Waals surface area contributed by atoms with Crippen molar-refractivity contribution in [3.63, 3.8) is 0 Å². The summed E-state index contributed by atoms with van der Waals surface area (Å²) in [6.07, 6.45) is 0.476. The van der Waals surface area contributed by atoms with Gasteiger partial charge in [0.25, 0.3) is 5.91 Å². The minimum atomic E-state index is -3.74. The smallest absolute Gasteiger partial charge is 0.338 e. The van der Waals surface area contributed by atoms with Crippen molar-refractivity contribution in [1.29, 1.82) is 0 Å². The Hall–Kier alpha value is -3.69. The maximum absolute atomic E-state index is 12.2. The summed E-state index contributed by atoms with van der Waals surface area (Å²) in [5, 5.41) is 7.70. The molecule has 0 bridgehead atoms. The van der Waals surface area contributed by atoms with E-state index in [1.165, 1.54) is 12.1 Å². The second kappa shape index (κ2) is 10.6. The summed E-state index contributed by atoms with van der Waals surface area (Å²) in [5.41, 5.74) is 1.09. The number of hydrogen-bond acceptors (Lipinski definition) is 6. The lowest BCUT2D eigenvalue weighted by atomic mass is 10.1. The van der Waals surface area contributed by atoms with E-state index in [9.17, 15) is 18.0 Å². The molecule has 3 rings (SSSR count). The average Bonchev–Trinajstić information content (AvgIpc) is 2.78. The highest BCUT2D eigenvalue weighted by Crippen LogP contribution is 2.22. The summed E-state index contributed by atoms with van der Waals surface area (Å²) in [7, 11) is -3.74. The minimum Gasteiger partial charge on any atom is -0.457 e. The van der Waals surface area contributed by atoms with Gasteiger partial charge in [0.1, 0.15) is 11.5 Å². The van der Waals surface area contributed by atoms with Gasteiger partial charge in [-0.3, -0.25) is 4.79 Å². The predicted molar refractivity (Wildman–Crippen MR) is 118 cm³/mol. The van der Waals surface area contributed by atoms with Gasteiger partial charge < -0.3 is 14.8 Å². The van der Waals surface area contributed by atoms with E-state index in [0.29, 0.717) is 24.5 Å². The van der Waals surface area contributed by atoms with E-state index in [1.54, 1.807) is 48.5 Å². The largest absolute Gasteiger partial charge is 0.457 e. The number of esters is 1. The molecule has 0 aliphatic carbocycles. The fourth-order valence-corrected chi connectivity index (χ4v) is 3.28. The van der Waals surface area contributed by atoms with Crippen LogP contribution in [0.4, 0.5) is 0 Å². The third-order valence-electron chi connectivity index (χ3n) is 4.37. The van der Waals surface area contributed by atoms with Crippen molar-refractivity contribution in [3.8, 4) is 11.5 Å². The highest BCUT2D eigenvalue weighted by molar-refractivity contribution is 7.89. The van der Waals surface area contributed by atoms with Gasteiger partial charge in [-0.15, -0.1) is 0 Å². The Bertz CT molecular complexity index is 1180. The normalized spacial score (nSPS) is 10.9. The molecule has 32 heavy (non-hydrogen) atoms. The molecule has 0 unspecified atom stereocenters. The first-order valence-electron chi connectivity index (χ1n) is 9.70. The summed E-state index contributed by atoms with van der Waals surface area (Å²) >= 11 is 0. The van der Waals surface area contributed by atoms with Gasteiger partial charge in [0.05, 0.1) is 10.5 Å². The quantitative estimate of drug-likeness (QED) is 0.479. The van der Waals surface area contributed by atoms with Crippen LogP contribution in [0.3, 0.4) is 0 Å². The number of nitrogens with two attached hydrogens (primary N) is 1. The molecule has 0 aliphatic heterocycles. The molecule has 3 N–H and O–H groups in total. The third kappa shape index (κ3) is 6.93. The van der Waals surface area contributed by atoms with Crippen LogP contribution in [0.2, 0.25) is 0 Å². The van der Waals surface area contributed by atoms with Gasteiger partial charge in [0.2, 0.25) is 10.0 Å². The van der Waals surface area contributed by atoms with Crippen LogP contribution in [0.25, 0.3) is 0 Å². The van der Waals surface area contributed by atoms with E-state index in [-0.39, 0.29) is 10.5 Å². The van der Waals surface area contributed by atoms with Crippen LogP contribution < -0.4 is 15.2 Å². The van der Waals surface area contributed by atoms with Gasteiger partial charge in [-0.05, 0) is 54.4 Å². The van der Waals surface area contributed by atoms with Crippen molar-refractivity contribution in [2.45, 2.75) is 11.3 Å². The molecule has 3 aromatic carbocycles. The minimum absolute atomic E-state index is 0.0236. The van der Waals surface area contributed by atoms with Crippen LogP contribution in [0.15, 0.2) is 83.8 Å². The number of sulfonamides is 1. The van der Waals surface area contributed by atoms with Crippen LogP contribution in [0.1, 0.15) is 15.9 Å². The van der Waals surface area contributed by atoms with Crippen LogP contribution in [-0.4, -0.2) is 33.4 Å². The molecule has 0 radical (unpaired) electrons. The van der Waals surface area contributed by atoms with Crippen LogP contribution in [0, 0.1) is 0 Å². The Morgan fingerprint density at radius 3 is 2.25 bits per heavy atom. The van der Waals surface area contributed by atoms with Crippen molar-refractivity contribution >= 4 is 21.9 Å². The first-order chi connectivity index (χ1) is 15.3. The molecular formula is C23H22N2O6S. The predicted octanol–water partition coefficient (Wildman–Crippen LogP) is 2.64. The SMILES string of the molecule is NS(=O)(=O)c1ccc(CCNC(=O)COC(=O)c2cccc(Oc3ccccc3)c2)cc1. The zero-order chi connectivity index (χ0) is 23.0. The zero-order valence-electron chi connectivity index (χ0n) is 17.1. The highest BCUT2D eigenvalue weighted by Gasteiger charge is 2.12. The second-order valence-electron chi connectivity index (χ2n) is 6.81. The lowest BCUT2D eigenvalue weighted by molar-refractivity contribution is -0.124. The topological polar surface area (TPSA) is 125 Å². The molecule has 3 aromatic rings. The number of primary sulfonamides is 1. The number of nitrogens with one attached hydrogen (secondary N) is 1. The molecule has 0 saturated carbocycles. The molecular weight excluding hydrogens is 432 g/mol. The number of carbonyl (C=O) groups is 2. The van der Waals surface area contributed by atoms with Crippen molar-refractivity contribution in [3.05, 3.63) is 90.0 Å². The Morgan fingerprint density at radius 1 is 0.875 bits per heavy atom. The van der Waals surface area contributed by atoms with Crippen molar-refractivity contribution < 1.29 is 27.5 Å². The summed E-state index contributed by atoms with van der Waals surface area (Å²) in [6.45, 7) is -0.127. The summed E-state index contributed by atoms with van der Waals surface area (Å²) in [5.74, 6) is 0.0219. The van der Waals surface area contributed by atoms with Gasteiger partial charge >= 0.3 is 5.97 Å². The van der Waals surface area contributed by atoms with Crippen LogP contribution in [-0.2, 0) is 26.0 Å². The summed E-state index contributed by atoms with van der Waals surface area (Å²) in [6, 6.07) is 21.7. The van der Waals surface area contributed by atoms with Crippen LogP contribution in [0.5, 0.6) is 11.5 Å². The molecule has 0 atom stereocenters. The molecule has 0 spiro atoms. The van der Waals surface area contributed by atoms with E-state index in [2.05, 4.69) is 5.32 Å². The Kier molecular flexibility index (Phi) is 7.58. The van der Waals surface area contributed by atoms with Gasteiger partial charge in [0, 0.05) is 6.54 Å². The Morgan fingerprint density at radius 2 is 1.56 bits per heavy atom. The van der Waals surface area contributed by atoms with Crippen molar-refractivity contribution in [2.75, 3.05) is 13.2 Å². The first kappa shape index (κ1) is 23.0. The van der Waals surface area contributed by atoms with Crippen molar-refractivity contribution in [2.24, 2.45) is 5.14 Å². The fraction of sp³-hybridized carbons (Fsp3) is 0.130. The van der Waals surface area contributed by atoms with Gasteiger partial charge in [0.15, 0.2) is 6.61 Å². The molecule has 166 valence electrons. The fourth-order valence-electron chi connectivity index (χ4n) is 2.77. The average molecular weight is 455 g/mol. The summed E-state index contributed by atoms with van der Waals surface area (Å²) < 4.78 is 33.3. The summed E-state index contributed by atoms with van der Waals surface area (Å²) in [4.78, 5) is 24.2. The monoisotopic (exact) mass is 454 g/mol. The van der Waals surface area contributed by atoms with E-state index in [0.717, 1.165) is 5.56 Å². The Labute approximate surface area is 186 Å². The third-order valence-corrected chi connectivity index (χ3v) is 5.30. The number of hydrogen-bond donors (Lipinski definition) is 2. The maximum Gasteiger partial charge on any atom is 0.338 e. The van der Waals surface area contributed by atoms with E-state index >= 15 is 0 Å². The number of para-hydroxylation sites is 1. The zero-order valence-corrected chi connectivity index (χ0v) is 17.9. The van der Waals surface area contributed by atoms with E-state index in [4.69, 9.17) is 14.6 Å². The standard InChI is InChI=1S/C23H22N2O6S/c24-32(28,29)21-11-9-17(10-12-21)13-14-25-22(26)16-30-23(27)18-5-4-8-20(15-18)31-19-6-2-1-3-7-19/h1-12,15H,13-14,16H2,(H,25,26)(H2,24,28,29). The molecule has 9 heteroatoms. The van der Waals surface area contributed by atoms with Crippen LogP contribution >= 0.6 is 0 Å². The van der Waals surface area contributed by atoms with Crippen molar-refractivity contribution in [1.82, 2.24) is 5.32 Å². The highest BCUT2D eigenvalue weighted by atomic mass is 32.2. The molecule has 0 aromatic heterocycles. The second-order valence-corrected chi connectivity index (χ2v) is 8.37. The number of amides is 1. The maximum atomic E-state index is 12.2. The van der Waals surface area contributed by atoms with E-state index in [1.807, 2.05) is 18.2 Å². The number of rotatable bonds is 9. The Balaban J connectivity index is 1.43. The van der Waals surface area contributed by atoms with Gasteiger partial charge in [-0.1, -0.05) is 36.4 Å².